The highest BCUT2D eigenvalue weighted by Crippen LogP contribution is 2.22. The number of halogens is 1. The van der Waals surface area contributed by atoms with E-state index < -0.39 is 5.97 Å². The minimum atomic E-state index is -0.575. The summed E-state index contributed by atoms with van der Waals surface area (Å²) in [6.45, 7) is 0. The molecule has 1 amide bonds. The molecule has 2 aromatic heterocycles. The number of nitrogens with one attached hydrogen (secondary N) is 1. The van der Waals surface area contributed by atoms with Crippen LogP contribution in [-0.2, 0) is 4.79 Å². The van der Waals surface area contributed by atoms with Crippen molar-refractivity contribution in [3.8, 4) is 5.75 Å². The molecule has 0 aliphatic rings. The van der Waals surface area contributed by atoms with Crippen LogP contribution in [0.1, 0.15) is 21.7 Å². The molecule has 0 spiro atoms. The van der Waals surface area contributed by atoms with Gasteiger partial charge in [0, 0.05) is 34.1 Å². The monoisotopic (exact) mass is 439 g/mol. The van der Waals surface area contributed by atoms with Crippen molar-refractivity contribution in [1.82, 2.24) is 10.4 Å². The number of rotatable bonds is 6. The summed E-state index contributed by atoms with van der Waals surface area (Å²) >= 11 is 3.35. The first kappa shape index (κ1) is 19.2. The molecule has 3 aromatic rings. The SMILES string of the molecule is O=C(/C=C/c1ccco1)Oc1ccc(Br)cc1/C=N\NC(=O)c1ccncc1. The Morgan fingerprint density at radius 3 is 2.75 bits per heavy atom. The largest absolute Gasteiger partial charge is 0.465 e. The zero-order valence-corrected chi connectivity index (χ0v) is 16.0. The molecule has 2 heterocycles. The standard InChI is InChI=1S/C20H14BrN3O4/c21-16-3-5-18(28-19(25)6-4-17-2-1-11-27-17)15(12-16)13-23-24-20(26)14-7-9-22-10-8-14/h1-13H,(H,24,26)/b6-4+,23-13-. The lowest BCUT2D eigenvalue weighted by molar-refractivity contribution is -0.128. The van der Waals surface area contributed by atoms with Crippen LogP contribution in [0.15, 0.2) is 81.2 Å². The quantitative estimate of drug-likeness (QED) is 0.207. The van der Waals surface area contributed by atoms with E-state index in [4.69, 9.17) is 9.15 Å². The fourth-order valence-corrected chi connectivity index (χ4v) is 2.50. The Balaban J connectivity index is 1.68. The van der Waals surface area contributed by atoms with E-state index >= 15 is 0 Å². The van der Waals surface area contributed by atoms with Gasteiger partial charge in [0.15, 0.2) is 0 Å². The van der Waals surface area contributed by atoms with Gasteiger partial charge >= 0.3 is 5.97 Å². The van der Waals surface area contributed by atoms with Crippen molar-refractivity contribution in [2.24, 2.45) is 5.10 Å². The van der Waals surface area contributed by atoms with Gasteiger partial charge < -0.3 is 9.15 Å². The van der Waals surface area contributed by atoms with E-state index in [1.54, 1.807) is 42.5 Å². The van der Waals surface area contributed by atoms with Crippen LogP contribution < -0.4 is 10.2 Å². The topological polar surface area (TPSA) is 93.8 Å². The lowest BCUT2D eigenvalue weighted by Crippen LogP contribution is -2.17. The number of nitrogens with zero attached hydrogens (tertiary/aromatic N) is 2. The Labute approximate surface area is 168 Å². The second-order valence-electron chi connectivity index (χ2n) is 5.39. The van der Waals surface area contributed by atoms with Crippen molar-refractivity contribution in [2.45, 2.75) is 0 Å². The molecular weight excluding hydrogens is 426 g/mol. The van der Waals surface area contributed by atoms with Gasteiger partial charge in [0.05, 0.1) is 12.5 Å². The van der Waals surface area contributed by atoms with E-state index in [9.17, 15) is 9.59 Å². The van der Waals surface area contributed by atoms with Gasteiger partial charge in [-0.25, -0.2) is 10.2 Å². The summed E-state index contributed by atoms with van der Waals surface area (Å²) in [6, 6.07) is 11.6. The number of carbonyl (C=O) groups excluding carboxylic acids is 2. The molecule has 0 aliphatic carbocycles. The second kappa shape index (κ2) is 9.43. The van der Waals surface area contributed by atoms with Crippen LogP contribution in [0.25, 0.3) is 6.08 Å². The number of ether oxygens (including phenoxy) is 1. The maximum atomic E-state index is 12.0. The molecule has 0 radical (unpaired) electrons. The third kappa shape index (κ3) is 5.49. The highest BCUT2D eigenvalue weighted by molar-refractivity contribution is 9.10. The number of furan rings is 1. The average Bonchev–Trinajstić information content (AvgIpc) is 3.22. The molecule has 0 atom stereocenters. The Morgan fingerprint density at radius 2 is 2.00 bits per heavy atom. The van der Waals surface area contributed by atoms with Crippen molar-refractivity contribution < 1.29 is 18.7 Å². The molecule has 28 heavy (non-hydrogen) atoms. The van der Waals surface area contributed by atoms with Gasteiger partial charge in [0.2, 0.25) is 0 Å². The first-order valence-electron chi connectivity index (χ1n) is 8.08. The number of hydrogen-bond donors (Lipinski definition) is 1. The molecule has 8 heteroatoms. The highest BCUT2D eigenvalue weighted by Gasteiger charge is 2.08. The molecule has 140 valence electrons. The lowest BCUT2D eigenvalue weighted by atomic mass is 10.2. The molecule has 0 bridgehead atoms. The van der Waals surface area contributed by atoms with Crippen LogP contribution in [0.5, 0.6) is 5.75 Å². The third-order valence-electron chi connectivity index (χ3n) is 3.42. The Kier molecular flexibility index (Phi) is 6.48. The molecule has 3 rings (SSSR count). The van der Waals surface area contributed by atoms with Crippen LogP contribution in [-0.4, -0.2) is 23.1 Å². The number of amides is 1. The maximum absolute atomic E-state index is 12.0. The molecule has 1 N–H and O–H groups in total. The molecule has 1 aromatic carbocycles. The van der Waals surface area contributed by atoms with Crippen molar-refractivity contribution in [3.63, 3.8) is 0 Å². The number of hydrogen-bond acceptors (Lipinski definition) is 6. The van der Waals surface area contributed by atoms with Crippen LogP contribution in [0.3, 0.4) is 0 Å². The van der Waals surface area contributed by atoms with E-state index in [0.29, 0.717) is 22.6 Å². The van der Waals surface area contributed by atoms with Gasteiger partial charge in [-0.2, -0.15) is 5.10 Å². The number of esters is 1. The van der Waals surface area contributed by atoms with Gasteiger partial charge in [-0.05, 0) is 48.5 Å². The molecule has 0 fully saturated rings. The van der Waals surface area contributed by atoms with Crippen molar-refractivity contribution in [2.75, 3.05) is 0 Å². The van der Waals surface area contributed by atoms with Crippen molar-refractivity contribution >= 4 is 40.1 Å². The number of hydrazone groups is 1. The zero-order chi connectivity index (χ0) is 19.8. The first-order chi connectivity index (χ1) is 13.6. The molecule has 0 saturated carbocycles. The number of pyridine rings is 1. The smallest absolute Gasteiger partial charge is 0.336 e. The molecule has 7 nitrogen and oxygen atoms in total. The van der Waals surface area contributed by atoms with Gasteiger partial charge in [-0.1, -0.05) is 15.9 Å². The number of carbonyl (C=O) groups is 2. The predicted octanol–water partition coefficient (Wildman–Crippen LogP) is 3.82. The molecular formula is C20H14BrN3O4. The Morgan fingerprint density at radius 1 is 1.18 bits per heavy atom. The predicted molar refractivity (Wildman–Crippen MR) is 107 cm³/mol. The van der Waals surface area contributed by atoms with Crippen molar-refractivity contribution in [3.05, 3.63) is 88.6 Å². The number of benzene rings is 1. The van der Waals surface area contributed by atoms with Crippen LogP contribution in [0, 0.1) is 0 Å². The molecule has 0 aliphatic heterocycles. The van der Waals surface area contributed by atoms with Crippen LogP contribution in [0.2, 0.25) is 0 Å². The fraction of sp³-hybridized carbons (Fsp3) is 0. The molecule has 0 saturated heterocycles. The summed E-state index contributed by atoms with van der Waals surface area (Å²) in [7, 11) is 0. The van der Waals surface area contributed by atoms with Crippen molar-refractivity contribution in [1.29, 1.82) is 0 Å². The van der Waals surface area contributed by atoms with E-state index in [2.05, 4.69) is 31.4 Å². The summed E-state index contributed by atoms with van der Waals surface area (Å²) in [4.78, 5) is 27.9. The highest BCUT2D eigenvalue weighted by atomic mass is 79.9. The van der Waals surface area contributed by atoms with Gasteiger partial charge in [-0.15, -0.1) is 0 Å². The van der Waals surface area contributed by atoms with Crippen LogP contribution in [0.4, 0.5) is 0 Å². The third-order valence-corrected chi connectivity index (χ3v) is 3.91. The lowest BCUT2D eigenvalue weighted by Gasteiger charge is -2.06. The maximum Gasteiger partial charge on any atom is 0.336 e. The zero-order valence-electron chi connectivity index (χ0n) is 14.4. The Bertz CT molecular complexity index is 1020. The summed E-state index contributed by atoms with van der Waals surface area (Å²) in [5.41, 5.74) is 3.34. The Hall–Kier alpha value is -3.52. The summed E-state index contributed by atoms with van der Waals surface area (Å²) in [5.74, 6) is -0.129. The average molecular weight is 440 g/mol. The van der Waals surface area contributed by atoms with E-state index in [1.165, 1.54) is 37.0 Å². The first-order valence-corrected chi connectivity index (χ1v) is 8.87. The number of aromatic nitrogens is 1. The second-order valence-corrected chi connectivity index (χ2v) is 6.30. The van der Waals surface area contributed by atoms with E-state index in [-0.39, 0.29) is 5.91 Å². The van der Waals surface area contributed by atoms with E-state index in [0.717, 1.165) is 4.47 Å². The summed E-state index contributed by atoms with van der Waals surface area (Å²) in [6.07, 6.45) is 8.69. The molecule has 0 unspecified atom stereocenters. The summed E-state index contributed by atoms with van der Waals surface area (Å²) in [5, 5.41) is 3.92. The summed E-state index contributed by atoms with van der Waals surface area (Å²) < 4.78 is 11.2. The van der Waals surface area contributed by atoms with E-state index in [1.807, 2.05) is 0 Å². The van der Waals surface area contributed by atoms with Gasteiger partial charge in [-0.3, -0.25) is 9.78 Å². The normalized spacial score (nSPS) is 11.0. The minimum Gasteiger partial charge on any atom is -0.465 e. The van der Waals surface area contributed by atoms with Crippen LogP contribution >= 0.6 is 15.9 Å². The van der Waals surface area contributed by atoms with Gasteiger partial charge in [0.25, 0.3) is 5.91 Å². The van der Waals surface area contributed by atoms with Gasteiger partial charge in [0.1, 0.15) is 11.5 Å². The fourth-order valence-electron chi connectivity index (χ4n) is 2.12. The minimum absolute atomic E-state index is 0.291.